The van der Waals surface area contributed by atoms with Gasteiger partial charge in [0.05, 0.1) is 0 Å². The zero-order valence-electron chi connectivity index (χ0n) is 8.98. The number of nitrogens with zero attached hydrogens (tertiary/aromatic N) is 2. The van der Waals surface area contributed by atoms with E-state index in [1.807, 2.05) is 0 Å². The first-order valence-corrected chi connectivity index (χ1v) is 5.48. The van der Waals surface area contributed by atoms with Gasteiger partial charge in [-0.25, -0.2) is 4.79 Å². The van der Waals surface area contributed by atoms with Crippen LogP contribution in [0.25, 0.3) is 0 Å². The van der Waals surface area contributed by atoms with Crippen molar-refractivity contribution >= 4 is 0 Å². The maximum atomic E-state index is 11.8. The normalized spacial score (nSPS) is 17.9. The van der Waals surface area contributed by atoms with Crippen LogP contribution in [0.1, 0.15) is 38.1 Å². The topological polar surface area (TPSA) is 44.0 Å². The molecule has 1 aromatic rings. The minimum Gasteiger partial charge on any atom is -0.303 e. The molecule has 1 heterocycles. The van der Waals surface area contributed by atoms with Gasteiger partial charge in [-0.2, -0.15) is 0 Å². The fourth-order valence-corrected chi connectivity index (χ4v) is 2.26. The van der Waals surface area contributed by atoms with Crippen LogP contribution in [0, 0.1) is 0 Å². The summed E-state index contributed by atoms with van der Waals surface area (Å²) in [4.78, 5) is 23.5. The van der Waals surface area contributed by atoms with Crippen LogP contribution >= 0.6 is 0 Å². The second-order valence-corrected chi connectivity index (χ2v) is 4.21. The van der Waals surface area contributed by atoms with Gasteiger partial charge in [0, 0.05) is 25.4 Å². The molecule has 0 N–H and O–H groups in total. The van der Waals surface area contributed by atoms with E-state index in [0.29, 0.717) is 0 Å². The Kier molecular flexibility index (Phi) is 2.75. The summed E-state index contributed by atoms with van der Waals surface area (Å²) >= 11 is 0. The van der Waals surface area contributed by atoms with Gasteiger partial charge < -0.3 is 4.57 Å². The first kappa shape index (κ1) is 10.2. The molecule has 0 unspecified atom stereocenters. The zero-order valence-corrected chi connectivity index (χ0v) is 8.98. The lowest BCUT2D eigenvalue weighted by atomic mass is 9.95. The van der Waals surface area contributed by atoms with Crippen molar-refractivity contribution < 1.29 is 0 Å². The first-order chi connectivity index (χ1) is 7.20. The second-order valence-electron chi connectivity index (χ2n) is 4.21. The molecule has 82 valence electrons. The Morgan fingerprint density at radius 1 is 1.20 bits per heavy atom. The molecular weight excluding hydrogens is 192 g/mol. The largest absolute Gasteiger partial charge is 0.330 e. The summed E-state index contributed by atoms with van der Waals surface area (Å²) in [6, 6.07) is 1.59. The van der Waals surface area contributed by atoms with Crippen molar-refractivity contribution in [1.82, 2.24) is 9.13 Å². The van der Waals surface area contributed by atoms with Crippen molar-refractivity contribution in [2.45, 2.75) is 38.1 Å². The average molecular weight is 208 g/mol. The van der Waals surface area contributed by atoms with Crippen LogP contribution in [0.3, 0.4) is 0 Å². The zero-order chi connectivity index (χ0) is 10.8. The molecule has 0 aromatic carbocycles. The molecule has 15 heavy (non-hydrogen) atoms. The molecule has 0 bridgehead atoms. The molecule has 0 atom stereocenters. The highest BCUT2D eigenvalue weighted by Crippen LogP contribution is 2.25. The van der Waals surface area contributed by atoms with Crippen molar-refractivity contribution in [1.29, 1.82) is 0 Å². The van der Waals surface area contributed by atoms with Crippen LogP contribution < -0.4 is 11.2 Å². The van der Waals surface area contributed by atoms with Crippen molar-refractivity contribution in [2.24, 2.45) is 7.05 Å². The van der Waals surface area contributed by atoms with Gasteiger partial charge in [-0.3, -0.25) is 9.36 Å². The number of rotatable bonds is 1. The van der Waals surface area contributed by atoms with Crippen molar-refractivity contribution in [3.8, 4) is 0 Å². The summed E-state index contributed by atoms with van der Waals surface area (Å²) in [5, 5.41) is 0. The molecule has 0 amide bonds. The maximum absolute atomic E-state index is 11.8. The van der Waals surface area contributed by atoms with Crippen LogP contribution in [-0.2, 0) is 7.05 Å². The lowest BCUT2D eigenvalue weighted by Gasteiger charge is -2.23. The number of hydrogen-bond acceptors (Lipinski definition) is 2. The van der Waals surface area contributed by atoms with Gasteiger partial charge in [0.1, 0.15) is 0 Å². The first-order valence-electron chi connectivity index (χ1n) is 5.48. The van der Waals surface area contributed by atoms with Gasteiger partial charge in [0.15, 0.2) is 0 Å². The molecule has 4 nitrogen and oxygen atoms in total. The Balaban J connectivity index is 2.46. The molecule has 2 rings (SSSR count). The fourth-order valence-electron chi connectivity index (χ4n) is 2.26. The lowest BCUT2D eigenvalue weighted by Crippen LogP contribution is -2.41. The average Bonchev–Trinajstić information content (AvgIpc) is 2.26. The van der Waals surface area contributed by atoms with Crippen LogP contribution in [0.5, 0.6) is 0 Å². The minimum atomic E-state index is -0.186. The highest BCUT2D eigenvalue weighted by Gasteiger charge is 2.18. The van der Waals surface area contributed by atoms with Gasteiger partial charge in [-0.1, -0.05) is 19.3 Å². The third-order valence-corrected chi connectivity index (χ3v) is 3.13. The van der Waals surface area contributed by atoms with Crippen molar-refractivity contribution in [2.75, 3.05) is 0 Å². The van der Waals surface area contributed by atoms with Gasteiger partial charge in [-0.05, 0) is 12.8 Å². The molecule has 1 fully saturated rings. The van der Waals surface area contributed by atoms with Crippen molar-refractivity contribution in [3.63, 3.8) is 0 Å². The third-order valence-electron chi connectivity index (χ3n) is 3.13. The van der Waals surface area contributed by atoms with Gasteiger partial charge >= 0.3 is 5.69 Å². The quantitative estimate of drug-likeness (QED) is 0.692. The van der Waals surface area contributed by atoms with Gasteiger partial charge in [0.25, 0.3) is 5.56 Å². The van der Waals surface area contributed by atoms with Crippen LogP contribution in [0.15, 0.2) is 21.9 Å². The molecule has 0 radical (unpaired) electrons. The van der Waals surface area contributed by atoms with Gasteiger partial charge in [0.2, 0.25) is 0 Å². The third kappa shape index (κ3) is 1.89. The molecule has 1 aromatic heterocycles. The van der Waals surface area contributed by atoms with Crippen LogP contribution in [0.2, 0.25) is 0 Å². The van der Waals surface area contributed by atoms with E-state index in [0.717, 1.165) is 25.7 Å². The number of hydrogen-bond donors (Lipinski definition) is 0. The summed E-state index contributed by atoms with van der Waals surface area (Å²) in [5.41, 5.74) is -0.348. The van der Waals surface area contributed by atoms with E-state index in [4.69, 9.17) is 0 Å². The van der Waals surface area contributed by atoms with E-state index >= 15 is 0 Å². The number of aryl methyl sites for hydroxylation is 1. The van der Waals surface area contributed by atoms with Crippen LogP contribution in [-0.4, -0.2) is 9.13 Å². The van der Waals surface area contributed by atoms with E-state index < -0.39 is 0 Å². The SMILES string of the molecule is Cn1ccc(=O)n(C2CCCCC2)c1=O. The smallest absolute Gasteiger partial charge is 0.303 e. The Labute approximate surface area is 88.2 Å². The second kappa shape index (κ2) is 4.04. The highest BCUT2D eigenvalue weighted by molar-refractivity contribution is 4.89. The molecule has 0 saturated heterocycles. The fraction of sp³-hybridized carbons (Fsp3) is 0.636. The van der Waals surface area contributed by atoms with Crippen LogP contribution in [0.4, 0.5) is 0 Å². The van der Waals surface area contributed by atoms with E-state index in [2.05, 4.69) is 0 Å². The summed E-state index contributed by atoms with van der Waals surface area (Å²) in [6.45, 7) is 0. The summed E-state index contributed by atoms with van der Waals surface area (Å²) in [7, 11) is 1.68. The Morgan fingerprint density at radius 3 is 2.53 bits per heavy atom. The predicted octanol–water partition coefficient (Wildman–Crippen LogP) is 1.05. The standard InChI is InChI=1S/C11H16N2O2/c1-12-8-7-10(14)13(11(12)15)9-5-3-2-4-6-9/h7-9H,2-6H2,1H3. The molecule has 4 heteroatoms. The lowest BCUT2D eigenvalue weighted by molar-refractivity contribution is 0.331. The Bertz CT molecular complexity index is 452. The van der Waals surface area contributed by atoms with E-state index in [1.54, 1.807) is 7.05 Å². The van der Waals surface area contributed by atoms with E-state index in [1.165, 1.54) is 27.8 Å². The van der Waals surface area contributed by atoms with Gasteiger partial charge in [-0.15, -0.1) is 0 Å². The highest BCUT2D eigenvalue weighted by atomic mass is 16.2. The summed E-state index contributed by atoms with van der Waals surface area (Å²) in [5.74, 6) is 0. The van der Waals surface area contributed by atoms with E-state index in [-0.39, 0.29) is 17.3 Å². The Hall–Kier alpha value is -1.32. The molecule has 1 saturated carbocycles. The molecule has 0 aliphatic heterocycles. The summed E-state index contributed by atoms with van der Waals surface area (Å²) in [6.07, 6.45) is 6.91. The summed E-state index contributed by atoms with van der Waals surface area (Å²) < 4.78 is 2.88. The molecule has 1 aliphatic carbocycles. The van der Waals surface area contributed by atoms with E-state index in [9.17, 15) is 9.59 Å². The molecule has 0 spiro atoms. The Morgan fingerprint density at radius 2 is 1.87 bits per heavy atom. The number of aromatic nitrogens is 2. The monoisotopic (exact) mass is 208 g/mol. The van der Waals surface area contributed by atoms with Crippen molar-refractivity contribution in [3.05, 3.63) is 33.1 Å². The minimum absolute atomic E-state index is 0.117. The maximum Gasteiger partial charge on any atom is 0.330 e. The predicted molar refractivity (Wildman–Crippen MR) is 58.1 cm³/mol. The molecule has 1 aliphatic rings. The molecular formula is C11H16N2O2.